The summed E-state index contributed by atoms with van der Waals surface area (Å²) in [4.78, 5) is 12.5. The lowest BCUT2D eigenvalue weighted by molar-refractivity contribution is 0.0940. The summed E-state index contributed by atoms with van der Waals surface area (Å²) in [5.41, 5.74) is 1.90. The van der Waals surface area contributed by atoms with E-state index in [9.17, 15) is 13.2 Å². The van der Waals surface area contributed by atoms with Gasteiger partial charge in [0, 0.05) is 12.6 Å². The number of anilines is 1. The Morgan fingerprint density at radius 2 is 1.92 bits per heavy atom. The van der Waals surface area contributed by atoms with Crippen LogP contribution in [0.5, 0.6) is 5.75 Å². The summed E-state index contributed by atoms with van der Waals surface area (Å²) < 4.78 is 32.9. The second-order valence-electron chi connectivity index (χ2n) is 6.45. The molecule has 3 rings (SSSR count). The van der Waals surface area contributed by atoms with Gasteiger partial charge in [0.1, 0.15) is 5.75 Å². The van der Waals surface area contributed by atoms with Crippen LogP contribution in [0.15, 0.2) is 47.4 Å². The molecule has 0 bridgehead atoms. The van der Waals surface area contributed by atoms with Crippen molar-refractivity contribution in [2.24, 2.45) is 0 Å². The van der Waals surface area contributed by atoms with Gasteiger partial charge in [-0.05, 0) is 50.1 Å². The van der Waals surface area contributed by atoms with Crippen LogP contribution in [0.2, 0.25) is 0 Å². The predicted molar refractivity (Wildman–Crippen MR) is 100 cm³/mol. The lowest BCUT2D eigenvalue weighted by atomic mass is 10.2. The summed E-state index contributed by atoms with van der Waals surface area (Å²) >= 11 is 0. The third kappa shape index (κ3) is 3.26. The molecular weight excluding hydrogens is 352 g/mol. The maximum Gasteiger partial charge on any atom is 0.264 e. The maximum absolute atomic E-state index is 13.1. The Morgan fingerprint density at radius 3 is 2.62 bits per heavy atom. The first kappa shape index (κ1) is 18.3. The molecule has 2 aromatic rings. The molecule has 6 nitrogen and oxygen atoms in total. The lowest BCUT2D eigenvalue weighted by Gasteiger charge is -2.20. The van der Waals surface area contributed by atoms with Crippen LogP contribution in [0.1, 0.15) is 29.8 Å². The highest BCUT2D eigenvalue weighted by Gasteiger charge is 2.31. The van der Waals surface area contributed by atoms with E-state index in [2.05, 4.69) is 5.32 Å². The predicted octanol–water partition coefficient (Wildman–Crippen LogP) is 2.58. The monoisotopic (exact) mass is 374 g/mol. The van der Waals surface area contributed by atoms with Crippen LogP contribution < -0.4 is 14.4 Å². The number of hydrogen-bond acceptors (Lipinski definition) is 4. The highest BCUT2D eigenvalue weighted by molar-refractivity contribution is 7.92. The van der Waals surface area contributed by atoms with Gasteiger partial charge in [0.05, 0.1) is 23.3 Å². The molecular formula is C19H22N2O4S. The van der Waals surface area contributed by atoms with Gasteiger partial charge in [0.15, 0.2) is 0 Å². The third-order valence-corrected chi connectivity index (χ3v) is 6.08. The Labute approximate surface area is 153 Å². The van der Waals surface area contributed by atoms with Crippen molar-refractivity contribution in [3.63, 3.8) is 0 Å². The van der Waals surface area contributed by atoms with E-state index in [1.165, 1.54) is 29.6 Å². The zero-order chi connectivity index (χ0) is 18.9. The van der Waals surface area contributed by atoms with Crippen molar-refractivity contribution < 1.29 is 17.9 Å². The minimum atomic E-state index is -3.76. The van der Waals surface area contributed by atoms with Gasteiger partial charge in [-0.1, -0.05) is 18.2 Å². The molecule has 7 heteroatoms. The summed E-state index contributed by atoms with van der Waals surface area (Å²) in [6.45, 7) is 4.07. The van der Waals surface area contributed by atoms with E-state index in [1.54, 1.807) is 6.07 Å². The van der Waals surface area contributed by atoms with Gasteiger partial charge in [0.2, 0.25) is 0 Å². The minimum absolute atomic E-state index is 0.0714. The van der Waals surface area contributed by atoms with E-state index in [0.717, 1.165) is 5.56 Å². The molecule has 0 atom stereocenters. The molecule has 0 fully saturated rings. The van der Waals surface area contributed by atoms with Crippen molar-refractivity contribution in [2.75, 3.05) is 18.0 Å². The van der Waals surface area contributed by atoms with Gasteiger partial charge in [-0.2, -0.15) is 0 Å². The Bertz CT molecular complexity index is 938. The molecule has 0 spiro atoms. The van der Waals surface area contributed by atoms with Crippen LogP contribution in [-0.2, 0) is 16.4 Å². The first-order valence-corrected chi connectivity index (χ1v) is 9.88. The smallest absolute Gasteiger partial charge is 0.264 e. The van der Waals surface area contributed by atoms with Crippen molar-refractivity contribution in [1.29, 1.82) is 0 Å². The molecule has 0 saturated heterocycles. The van der Waals surface area contributed by atoms with Crippen LogP contribution in [0, 0.1) is 0 Å². The van der Waals surface area contributed by atoms with Gasteiger partial charge >= 0.3 is 0 Å². The second kappa shape index (κ2) is 6.99. The van der Waals surface area contributed by atoms with Gasteiger partial charge in [-0.25, -0.2) is 8.42 Å². The highest BCUT2D eigenvalue weighted by Crippen LogP contribution is 2.33. The van der Waals surface area contributed by atoms with Crippen LogP contribution in [-0.4, -0.2) is 34.0 Å². The standard InChI is InChI=1S/C19H22N2O4S/c1-13(2)20-19(22)16-12-15(8-9-18(16)25-3)26(23,24)21-11-10-14-6-4-5-7-17(14)21/h4-9,12-13H,10-11H2,1-3H3,(H,20,22). The molecule has 0 aromatic heterocycles. The van der Waals surface area contributed by atoms with Crippen molar-refractivity contribution >= 4 is 21.6 Å². The second-order valence-corrected chi connectivity index (χ2v) is 8.31. The van der Waals surface area contributed by atoms with Crippen molar-refractivity contribution in [3.8, 4) is 5.75 Å². The number of nitrogens with zero attached hydrogens (tertiary/aromatic N) is 1. The van der Waals surface area contributed by atoms with Crippen molar-refractivity contribution in [3.05, 3.63) is 53.6 Å². The quantitative estimate of drug-likeness (QED) is 0.873. The Balaban J connectivity index is 2.02. The molecule has 1 aliphatic heterocycles. The summed E-state index contributed by atoms with van der Waals surface area (Å²) in [6, 6.07) is 11.8. The summed E-state index contributed by atoms with van der Waals surface area (Å²) in [5.74, 6) is -0.0281. The molecule has 138 valence electrons. The number of rotatable bonds is 5. The van der Waals surface area contributed by atoms with Crippen LogP contribution in [0.3, 0.4) is 0 Å². The number of ether oxygens (including phenoxy) is 1. The number of fused-ring (bicyclic) bond motifs is 1. The average molecular weight is 374 g/mol. The van der Waals surface area contributed by atoms with Crippen LogP contribution >= 0.6 is 0 Å². The van der Waals surface area contributed by atoms with E-state index in [1.807, 2.05) is 32.0 Å². The molecule has 1 aliphatic rings. The number of carbonyl (C=O) groups excluding carboxylic acids is 1. The van der Waals surface area contributed by atoms with E-state index in [4.69, 9.17) is 4.74 Å². The maximum atomic E-state index is 13.1. The molecule has 0 saturated carbocycles. The van der Waals surface area contributed by atoms with Crippen molar-refractivity contribution in [1.82, 2.24) is 5.32 Å². The highest BCUT2D eigenvalue weighted by atomic mass is 32.2. The SMILES string of the molecule is COc1ccc(S(=O)(=O)N2CCc3ccccc32)cc1C(=O)NC(C)C. The summed E-state index contributed by atoms with van der Waals surface area (Å²) in [5, 5.41) is 2.77. The molecule has 2 aromatic carbocycles. The lowest BCUT2D eigenvalue weighted by Crippen LogP contribution is -2.31. The summed E-state index contributed by atoms with van der Waals surface area (Å²) in [6.07, 6.45) is 0.673. The normalized spacial score (nSPS) is 13.6. The van der Waals surface area contributed by atoms with Gasteiger partial charge in [0.25, 0.3) is 15.9 Å². The van der Waals surface area contributed by atoms with Crippen LogP contribution in [0.25, 0.3) is 0 Å². The molecule has 1 amide bonds. The number of amides is 1. The zero-order valence-corrected chi connectivity index (χ0v) is 15.8. The third-order valence-electron chi connectivity index (χ3n) is 4.27. The topological polar surface area (TPSA) is 75.7 Å². The van der Waals surface area contributed by atoms with Gasteiger partial charge < -0.3 is 10.1 Å². The van der Waals surface area contributed by atoms with Gasteiger partial charge in [-0.15, -0.1) is 0 Å². The Hall–Kier alpha value is -2.54. The molecule has 26 heavy (non-hydrogen) atoms. The fourth-order valence-corrected chi connectivity index (χ4v) is 4.58. The number of sulfonamides is 1. The number of methoxy groups -OCH3 is 1. The Kier molecular flexibility index (Phi) is 4.91. The number of benzene rings is 2. The first-order chi connectivity index (χ1) is 12.3. The van der Waals surface area contributed by atoms with E-state index in [0.29, 0.717) is 24.4 Å². The van der Waals surface area contributed by atoms with E-state index < -0.39 is 10.0 Å². The number of nitrogens with one attached hydrogen (secondary N) is 1. The number of hydrogen-bond donors (Lipinski definition) is 1. The molecule has 1 heterocycles. The molecule has 0 radical (unpaired) electrons. The molecule has 0 unspecified atom stereocenters. The van der Waals surface area contributed by atoms with Crippen LogP contribution in [0.4, 0.5) is 5.69 Å². The first-order valence-electron chi connectivity index (χ1n) is 8.44. The number of para-hydroxylation sites is 1. The summed E-state index contributed by atoms with van der Waals surface area (Å²) in [7, 11) is -2.31. The average Bonchev–Trinajstić information content (AvgIpc) is 3.05. The van der Waals surface area contributed by atoms with E-state index in [-0.39, 0.29) is 22.4 Å². The Morgan fingerprint density at radius 1 is 1.19 bits per heavy atom. The van der Waals surface area contributed by atoms with Crippen molar-refractivity contribution in [2.45, 2.75) is 31.2 Å². The van der Waals surface area contributed by atoms with Gasteiger partial charge in [-0.3, -0.25) is 9.10 Å². The molecule has 0 aliphatic carbocycles. The largest absolute Gasteiger partial charge is 0.496 e. The van der Waals surface area contributed by atoms with E-state index >= 15 is 0 Å². The fourth-order valence-electron chi connectivity index (χ4n) is 3.05. The minimum Gasteiger partial charge on any atom is -0.496 e. The number of carbonyl (C=O) groups is 1. The molecule has 1 N–H and O–H groups in total. The zero-order valence-electron chi connectivity index (χ0n) is 15.0. The fraction of sp³-hybridized carbons (Fsp3) is 0.316.